The molecule has 2 atom stereocenters. The second-order valence-electron chi connectivity index (χ2n) is 3.71. The van der Waals surface area contributed by atoms with Crippen LogP contribution in [0.2, 0.25) is 0 Å². The van der Waals surface area contributed by atoms with E-state index in [0.29, 0.717) is 5.92 Å². The number of nitrogens with two attached hydrogens (primary N) is 1. The summed E-state index contributed by atoms with van der Waals surface area (Å²) in [7, 11) is 0. The SMILES string of the molecule is NNC(=O)C1CC1C1CCC1. The molecular formula is C8H14N2O. The minimum Gasteiger partial charge on any atom is -0.294 e. The van der Waals surface area contributed by atoms with Crippen LogP contribution in [0.3, 0.4) is 0 Å². The van der Waals surface area contributed by atoms with Gasteiger partial charge in [-0.25, -0.2) is 5.84 Å². The van der Waals surface area contributed by atoms with Crippen LogP contribution in [0, 0.1) is 17.8 Å². The molecule has 62 valence electrons. The molecule has 11 heavy (non-hydrogen) atoms. The predicted octanol–water partition coefficient (Wildman–Crippen LogP) is 0.412. The van der Waals surface area contributed by atoms with Crippen molar-refractivity contribution >= 4 is 5.91 Å². The van der Waals surface area contributed by atoms with Crippen molar-refractivity contribution in [2.45, 2.75) is 25.7 Å². The molecule has 3 nitrogen and oxygen atoms in total. The summed E-state index contributed by atoms with van der Waals surface area (Å²) in [6.45, 7) is 0. The van der Waals surface area contributed by atoms with E-state index in [2.05, 4.69) is 5.43 Å². The lowest BCUT2D eigenvalue weighted by molar-refractivity contribution is -0.122. The fraction of sp³-hybridized carbons (Fsp3) is 0.875. The van der Waals surface area contributed by atoms with Gasteiger partial charge in [-0.15, -0.1) is 0 Å². The lowest BCUT2D eigenvalue weighted by Crippen LogP contribution is -2.32. The minimum absolute atomic E-state index is 0.0434. The maximum absolute atomic E-state index is 11.0. The molecule has 0 aliphatic heterocycles. The number of carbonyl (C=O) groups excluding carboxylic acids is 1. The normalized spacial score (nSPS) is 36.1. The number of amides is 1. The fourth-order valence-corrected chi connectivity index (χ4v) is 2.01. The number of rotatable bonds is 2. The molecule has 2 fully saturated rings. The average molecular weight is 154 g/mol. The van der Waals surface area contributed by atoms with E-state index < -0.39 is 0 Å². The Labute approximate surface area is 66.3 Å². The molecule has 0 aromatic carbocycles. The van der Waals surface area contributed by atoms with Crippen molar-refractivity contribution in [1.29, 1.82) is 0 Å². The number of nitrogens with one attached hydrogen (secondary N) is 1. The molecule has 3 N–H and O–H groups in total. The first-order chi connectivity index (χ1) is 5.33. The lowest BCUT2D eigenvalue weighted by atomic mass is 9.81. The molecule has 0 bridgehead atoms. The van der Waals surface area contributed by atoms with Gasteiger partial charge < -0.3 is 0 Å². The first kappa shape index (κ1) is 7.10. The van der Waals surface area contributed by atoms with E-state index >= 15 is 0 Å². The second-order valence-corrected chi connectivity index (χ2v) is 3.71. The summed E-state index contributed by atoms with van der Waals surface area (Å²) >= 11 is 0. The third-order valence-corrected chi connectivity index (χ3v) is 3.07. The molecule has 0 spiro atoms. The van der Waals surface area contributed by atoms with Crippen LogP contribution >= 0.6 is 0 Å². The first-order valence-electron chi connectivity index (χ1n) is 4.33. The van der Waals surface area contributed by atoms with Crippen molar-refractivity contribution < 1.29 is 4.79 Å². The highest BCUT2D eigenvalue weighted by Gasteiger charge is 2.48. The zero-order chi connectivity index (χ0) is 7.84. The van der Waals surface area contributed by atoms with E-state index in [9.17, 15) is 4.79 Å². The molecule has 0 aromatic heterocycles. The molecule has 0 radical (unpaired) electrons. The summed E-state index contributed by atoms with van der Waals surface area (Å²) in [6, 6.07) is 0. The average Bonchev–Trinajstić information content (AvgIpc) is 2.63. The smallest absolute Gasteiger partial charge is 0.237 e. The van der Waals surface area contributed by atoms with E-state index in [1.807, 2.05) is 0 Å². The summed E-state index contributed by atoms with van der Waals surface area (Å²) in [5, 5.41) is 0. The van der Waals surface area contributed by atoms with Gasteiger partial charge in [0.05, 0.1) is 0 Å². The standard InChI is InChI=1S/C8H14N2O/c9-10-8(11)7-4-6(7)5-2-1-3-5/h5-7H,1-4,9H2,(H,10,11). The molecule has 2 unspecified atom stereocenters. The maximum atomic E-state index is 11.0. The molecule has 2 rings (SSSR count). The van der Waals surface area contributed by atoms with Gasteiger partial charge in [0.25, 0.3) is 0 Å². The van der Waals surface area contributed by atoms with Crippen molar-refractivity contribution in [2.75, 3.05) is 0 Å². The highest BCUT2D eigenvalue weighted by atomic mass is 16.2. The van der Waals surface area contributed by atoms with Crippen LogP contribution in [0.5, 0.6) is 0 Å². The van der Waals surface area contributed by atoms with Crippen molar-refractivity contribution in [3.8, 4) is 0 Å². The molecule has 2 saturated carbocycles. The van der Waals surface area contributed by atoms with E-state index in [-0.39, 0.29) is 11.8 Å². The summed E-state index contributed by atoms with van der Waals surface area (Å²) < 4.78 is 0. The van der Waals surface area contributed by atoms with Gasteiger partial charge in [-0.05, 0) is 18.3 Å². The van der Waals surface area contributed by atoms with Gasteiger partial charge in [0.2, 0.25) is 5.91 Å². The van der Waals surface area contributed by atoms with Gasteiger partial charge in [0.1, 0.15) is 0 Å². The summed E-state index contributed by atoms with van der Waals surface area (Å²) in [5.41, 5.74) is 2.22. The Bertz CT molecular complexity index is 177. The number of hydrazine groups is 1. The first-order valence-corrected chi connectivity index (χ1v) is 4.33. The van der Waals surface area contributed by atoms with Crippen LogP contribution in [0.1, 0.15) is 25.7 Å². The fourth-order valence-electron chi connectivity index (χ4n) is 2.01. The minimum atomic E-state index is 0.0434. The van der Waals surface area contributed by atoms with Gasteiger partial charge in [-0.1, -0.05) is 19.3 Å². The predicted molar refractivity (Wildman–Crippen MR) is 41.3 cm³/mol. The lowest BCUT2D eigenvalue weighted by Gasteiger charge is -2.25. The zero-order valence-electron chi connectivity index (χ0n) is 6.55. The maximum Gasteiger partial charge on any atom is 0.237 e. The number of hydrogen-bond donors (Lipinski definition) is 2. The van der Waals surface area contributed by atoms with Crippen LogP contribution in [0.15, 0.2) is 0 Å². The summed E-state index contributed by atoms with van der Waals surface area (Å²) in [4.78, 5) is 11.0. The van der Waals surface area contributed by atoms with Gasteiger partial charge in [-0.3, -0.25) is 10.2 Å². The number of hydrogen-bond acceptors (Lipinski definition) is 2. The van der Waals surface area contributed by atoms with Crippen molar-refractivity contribution in [1.82, 2.24) is 5.43 Å². The third kappa shape index (κ3) is 1.13. The largest absolute Gasteiger partial charge is 0.294 e. The molecule has 2 aliphatic carbocycles. The van der Waals surface area contributed by atoms with Crippen LogP contribution < -0.4 is 11.3 Å². The van der Waals surface area contributed by atoms with Crippen molar-refractivity contribution in [3.05, 3.63) is 0 Å². The Morgan fingerprint density at radius 1 is 1.45 bits per heavy atom. The van der Waals surface area contributed by atoms with E-state index in [1.54, 1.807) is 0 Å². The van der Waals surface area contributed by atoms with Gasteiger partial charge in [0.15, 0.2) is 0 Å². The summed E-state index contributed by atoms with van der Waals surface area (Å²) in [5.74, 6) is 6.85. The van der Waals surface area contributed by atoms with Gasteiger partial charge in [0, 0.05) is 5.92 Å². The quantitative estimate of drug-likeness (QED) is 0.344. The molecule has 2 aliphatic rings. The highest BCUT2D eigenvalue weighted by molar-refractivity contribution is 5.80. The Morgan fingerprint density at radius 2 is 2.18 bits per heavy atom. The molecule has 0 saturated heterocycles. The second kappa shape index (κ2) is 2.48. The Balaban J connectivity index is 1.80. The Kier molecular flexibility index (Phi) is 1.60. The van der Waals surface area contributed by atoms with E-state index in [4.69, 9.17) is 5.84 Å². The Morgan fingerprint density at radius 3 is 2.64 bits per heavy atom. The molecule has 1 amide bonds. The van der Waals surface area contributed by atoms with Gasteiger partial charge >= 0.3 is 0 Å². The molecule has 3 heteroatoms. The van der Waals surface area contributed by atoms with Crippen LogP contribution in [-0.4, -0.2) is 5.91 Å². The molecular weight excluding hydrogens is 140 g/mol. The third-order valence-electron chi connectivity index (χ3n) is 3.07. The van der Waals surface area contributed by atoms with Crippen LogP contribution in [0.4, 0.5) is 0 Å². The number of carbonyl (C=O) groups is 1. The highest BCUT2D eigenvalue weighted by Crippen LogP contribution is 2.51. The molecule has 0 aromatic rings. The Hall–Kier alpha value is -0.570. The summed E-state index contributed by atoms with van der Waals surface area (Å²) in [6.07, 6.45) is 5.10. The topological polar surface area (TPSA) is 55.1 Å². The van der Waals surface area contributed by atoms with Crippen molar-refractivity contribution in [2.24, 2.45) is 23.6 Å². The van der Waals surface area contributed by atoms with Crippen LogP contribution in [-0.2, 0) is 4.79 Å². The monoisotopic (exact) mass is 154 g/mol. The van der Waals surface area contributed by atoms with E-state index in [1.165, 1.54) is 19.3 Å². The molecule has 0 heterocycles. The van der Waals surface area contributed by atoms with Gasteiger partial charge in [-0.2, -0.15) is 0 Å². The van der Waals surface area contributed by atoms with Crippen LogP contribution in [0.25, 0.3) is 0 Å². The van der Waals surface area contributed by atoms with Crippen molar-refractivity contribution in [3.63, 3.8) is 0 Å². The van der Waals surface area contributed by atoms with E-state index in [0.717, 1.165) is 12.3 Å². The zero-order valence-corrected chi connectivity index (χ0v) is 6.55.